The third-order valence-electron chi connectivity index (χ3n) is 4.70. The van der Waals surface area contributed by atoms with Gasteiger partial charge in [-0.1, -0.05) is 23.7 Å². The van der Waals surface area contributed by atoms with Crippen LogP contribution in [0.25, 0.3) is 0 Å². The van der Waals surface area contributed by atoms with E-state index in [0.717, 1.165) is 18.6 Å². The molecule has 8 heteroatoms. The Morgan fingerprint density at radius 2 is 2.19 bits per heavy atom. The first-order chi connectivity index (χ1) is 13.1. The van der Waals surface area contributed by atoms with Gasteiger partial charge in [-0.25, -0.2) is 0 Å². The van der Waals surface area contributed by atoms with Crippen LogP contribution in [0.15, 0.2) is 30.5 Å². The van der Waals surface area contributed by atoms with Crippen molar-refractivity contribution in [1.82, 2.24) is 14.7 Å². The van der Waals surface area contributed by atoms with Crippen LogP contribution < -0.4 is 9.47 Å². The Morgan fingerprint density at radius 3 is 2.89 bits per heavy atom. The second-order valence-corrected chi connectivity index (χ2v) is 7.22. The fourth-order valence-electron chi connectivity index (χ4n) is 3.40. The Bertz CT molecular complexity index is 819. The summed E-state index contributed by atoms with van der Waals surface area (Å²) in [4.78, 5) is 14.7. The monoisotopic (exact) mass is 391 g/mol. The number of aryl methyl sites for hydroxylation is 1. The molecular weight excluding hydrogens is 370 g/mol. The Kier molecular flexibility index (Phi) is 5.22. The lowest BCUT2D eigenvalue weighted by Gasteiger charge is -2.32. The van der Waals surface area contributed by atoms with Crippen molar-refractivity contribution in [1.29, 1.82) is 0 Å². The topological polar surface area (TPSA) is 65.8 Å². The largest absolute Gasteiger partial charge is 0.486 e. The molecule has 7 nitrogen and oxygen atoms in total. The summed E-state index contributed by atoms with van der Waals surface area (Å²) in [5.74, 6) is 1.35. The number of nitrogens with zero attached hydrogens (tertiary/aromatic N) is 3. The van der Waals surface area contributed by atoms with Crippen LogP contribution in [-0.2, 0) is 23.1 Å². The van der Waals surface area contributed by atoms with Gasteiger partial charge in [0.25, 0.3) is 5.91 Å². The Morgan fingerprint density at radius 1 is 1.37 bits per heavy atom. The molecule has 0 saturated carbocycles. The average Bonchev–Trinajstić information content (AvgIpc) is 3.30. The Hall–Kier alpha value is -2.25. The Labute approximate surface area is 162 Å². The van der Waals surface area contributed by atoms with E-state index in [1.54, 1.807) is 22.8 Å². The maximum absolute atomic E-state index is 13.0. The molecular formula is C19H22ClN3O4. The maximum Gasteiger partial charge on any atom is 0.252 e. The van der Waals surface area contributed by atoms with Gasteiger partial charge in [0.15, 0.2) is 17.6 Å². The van der Waals surface area contributed by atoms with Crippen molar-refractivity contribution in [3.63, 3.8) is 0 Å². The number of benzene rings is 1. The molecule has 2 aromatic rings. The second kappa shape index (κ2) is 7.78. The molecule has 1 aromatic carbocycles. The number of halogens is 1. The molecule has 1 saturated heterocycles. The number of amides is 1. The molecule has 0 N–H and O–H groups in total. The summed E-state index contributed by atoms with van der Waals surface area (Å²) in [7, 11) is 1.80. The third kappa shape index (κ3) is 4.04. The smallest absolute Gasteiger partial charge is 0.252 e. The van der Waals surface area contributed by atoms with Gasteiger partial charge in [-0.2, -0.15) is 5.10 Å². The molecule has 27 heavy (non-hydrogen) atoms. The molecule has 2 atom stereocenters. The first-order valence-corrected chi connectivity index (χ1v) is 9.45. The van der Waals surface area contributed by atoms with E-state index in [4.69, 9.17) is 25.8 Å². The maximum atomic E-state index is 13.0. The van der Waals surface area contributed by atoms with Gasteiger partial charge < -0.3 is 19.1 Å². The lowest BCUT2D eigenvalue weighted by Crippen LogP contribution is -2.46. The predicted molar refractivity (Wildman–Crippen MR) is 99.0 cm³/mol. The normalized spacial score (nSPS) is 21.3. The van der Waals surface area contributed by atoms with Gasteiger partial charge in [-0.3, -0.25) is 9.48 Å². The lowest BCUT2D eigenvalue weighted by atomic mass is 10.2. The van der Waals surface area contributed by atoms with Gasteiger partial charge in [-0.15, -0.1) is 0 Å². The molecule has 0 spiro atoms. The molecule has 0 aliphatic carbocycles. The molecule has 1 amide bonds. The van der Waals surface area contributed by atoms with Crippen molar-refractivity contribution in [3.8, 4) is 11.5 Å². The standard InChI is InChI=1S/C19H22ClN3O4/c1-22-10-14(20)15(21-22)11-23(19(24)18-7-4-8-25-18)9-13-12-26-16-5-2-3-6-17(16)27-13/h2-3,5-6,10,13,18H,4,7-9,11-12H2,1H3/t13-,18-/m1/s1. The molecule has 0 bridgehead atoms. The van der Waals surface area contributed by atoms with Crippen LogP contribution in [-0.4, -0.2) is 52.6 Å². The predicted octanol–water partition coefficient (Wildman–Crippen LogP) is 2.42. The molecule has 2 aliphatic rings. The zero-order chi connectivity index (χ0) is 18.8. The number of rotatable bonds is 5. The van der Waals surface area contributed by atoms with Gasteiger partial charge in [0.05, 0.1) is 18.1 Å². The van der Waals surface area contributed by atoms with Crippen LogP contribution in [0.1, 0.15) is 18.5 Å². The lowest BCUT2D eigenvalue weighted by molar-refractivity contribution is -0.143. The molecule has 3 heterocycles. The van der Waals surface area contributed by atoms with Gasteiger partial charge in [-0.05, 0) is 25.0 Å². The van der Waals surface area contributed by atoms with Crippen LogP contribution in [0.2, 0.25) is 5.02 Å². The van der Waals surface area contributed by atoms with Gasteiger partial charge >= 0.3 is 0 Å². The molecule has 0 unspecified atom stereocenters. The van der Waals surface area contributed by atoms with E-state index >= 15 is 0 Å². The van der Waals surface area contributed by atoms with Crippen LogP contribution in [0, 0.1) is 0 Å². The number of fused-ring (bicyclic) bond motifs is 1. The Balaban J connectivity index is 1.51. The van der Waals surface area contributed by atoms with Crippen LogP contribution in [0.5, 0.6) is 11.5 Å². The summed E-state index contributed by atoms with van der Waals surface area (Å²) in [6, 6.07) is 7.53. The molecule has 144 valence electrons. The van der Waals surface area contributed by atoms with E-state index in [1.165, 1.54) is 0 Å². The summed E-state index contributed by atoms with van der Waals surface area (Å²) >= 11 is 6.25. The highest BCUT2D eigenvalue weighted by molar-refractivity contribution is 6.31. The summed E-state index contributed by atoms with van der Waals surface area (Å²) in [5.41, 5.74) is 0.655. The summed E-state index contributed by atoms with van der Waals surface area (Å²) in [5, 5.41) is 4.90. The summed E-state index contributed by atoms with van der Waals surface area (Å²) in [6.07, 6.45) is 2.67. The van der Waals surface area contributed by atoms with E-state index in [9.17, 15) is 4.79 Å². The minimum atomic E-state index is -0.413. The molecule has 1 aromatic heterocycles. The number of hydrogen-bond donors (Lipinski definition) is 0. The molecule has 4 rings (SSSR count). The van der Waals surface area contributed by atoms with Crippen molar-refractivity contribution in [3.05, 3.63) is 41.2 Å². The van der Waals surface area contributed by atoms with Crippen LogP contribution >= 0.6 is 11.6 Å². The minimum absolute atomic E-state index is 0.0586. The fourth-order valence-corrected chi connectivity index (χ4v) is 3.64. The number of hydrogen-bond acceptors (Lipinski definition) is 5. The highest BCUT2D eigenvalue weighted by Gasteiger charge is 2.32. The highest BCUT2D eigenvalue weighted by Crippen LogP contribution is 2.31. The van der Waals surface area contributed by atoms with Crippen molar-refractivity contribution in [2.45, 2.75) is 31.6 Å². The van der Waals surface area contributed by atoms with Gasteiger partial charge in [0.1, 0.15) is 18.4 Å². The third-order valence-corrected chi connectivity index (χ3v) is 5.02. The van der Waals surface area contributed by atoms with E-state index in [-0.39, 0.29) is 12.0 Å². The first-order valence-electron chi connectivity index (χ1n) is 9.07. The van der Waals surface area contributed by atoms with Crippen molar-refractivity contribution in [2.24, 2.45) is 7.05 Å². The summed E-state index contributed by atoms with van der Waals surface area (Å²) in [6.45, 7) is 1.67. The quantitative estimate of drug-likeness (QED) is 0.783. The molecule has 0 radical (unpaired) electrons. The molecule has 1 fully saturated rings. The second-order valence-electron chi connectivity index (χ2n) is 6.82. The van der Waals surface area contributed by atoms with Gasteiger partial charge in [0.2, 0.25) is 0 Å². The highest BCUT2D eigenvalue weighted by atomic mass is 35.5. The van der Waals surface area contributed by atoms with Crippen molar-refractivity contribution >= 4 is 17.5 Å². The van der Waals surface area contributed by atoms with Crippen LogP contribution in [0.4, 0.5) is 0 Å². The minimum Gasteiger partial charge on any atom is -0.486 e. The summed E-state index contributed by atoms with van der Waals surface area (Å²) < 4.78 is 19.0. The molecule has 2 aliphatic heterocycles. The van der Waals surface area contributed by atoms with E-state index in [2.05, 4.69) is 5.10 Å². The van der Waals surface area contributed by atoms with Crippen molar-refractivity contribution in [2.75, 3.05) is 19.8 Å². The van der Waals surface area contributed by atoms with E-state index in [0.29, 0.717) is 42.8 Å². The average molecular weight is 392 g/mol. The fraction of sp³-hybridized carbons (Fsp3) is 0.474. The van der Waals surface area contributed by atoms with Crippen molar-refractivity contribution < 1.29 is 19.0 Å². The zero-order valence-corrected chi connectivity index (χ0v) is 15.9. The zero-order valence-electron chi connectivity index (χ0n) is 15.1. The number of para-hydroxylation sites is 2. The SMILES string of the molecule is Cn1cc(Cl)c(CN(C[C@@H]2COc3ccccc3O2)C(=O)[C@H]2CCCO2)n1. The van der Waals surface area contributed by atoms with Crippen LogP contribution in [0.3, 0.4) is 0 Å². The number of carbonyl (C=O) groups excluding carboxylic acids is 1. The first kappa shape index (κ1) is 18.1. The van der Waals surface area contributed by atoms with Gasteiger partial charge in [0, 0.05) is 19.9 Å². The number of ether oxygens (including phenoxy) is 3. The number of carbonyl (C=O) groups is 1. The number of aromatic nitrogens is 2. The van der Waals surface area contributed by atoms with E-state index < -0.39 is 6.10 Å². The van der Waals surface area contributed by atoms with E-state index in [1.807, 2.05) is 24.3 Å².